The third kappa shape index (κ3) is 2.76. The topological polar surface area (TPSA) is 75.6 Å². The molecular weight excluding hydrogens is 246 g/mol. The van der Waals surface area contributed by atoms with Crippen LogP contribution in [0.1, 0.15) is 19.4 Å². The van der Waals surface area contributed by atoms with Crippen molar-refractivity contribution in [3.8, 4) is 5.75 Å². The molecular formula is C14H15NO4. The fraction of sp³-hybridized carbons (Fsp3) is 0.286. The minimum Gasteiger partial charge on any atom is -0.493 e. The van der Waals surface area contributed by atoms with E-state index in [2.05, 4.69) is 5.32 Å². The van der Waals surface area contributed by atoms with E-state index in [0.717, 1.165) is 17.7 Å². The van der Waals surface area contributed by atoms with Crippen molar-refractivity contribution in [3.63, 3.8) is 0 Å². The molecule has 1 aromatic carbocycles. The van der Waals surface area contributed by atoms with E-state index in [1.54, 1.807) is 12.1 Å². The Kier molecular flexibility index (Phi) is 3.55. The second kappa shape index (κ2) is 5.14. The van der Waals surface area contributed by atoms with Gasteiger partial charge in [0.15, 0.2) is 0 Å². The molecule has 1 aliphatic rings. The van der Waals surface area contributed by atoms with E-state index in [9.17, 15) is 9.59 Å². The van der Waals surface area contributed by atoms with Gasteiger partial charge in [-0.25, -0.2) is 4.79 Å². The fourth-order valence-corrected chi connectivity index (χ4v) is 1.82. The van der Waals surface area contributed by atoms with Crippen LogP contribution in [0.5, 0.6) is 5.75 Å². The smallest absolute Gasteiger partial charge is 0.331 e. The van der Waals surface area contributed by atoms with E-state index in [-0.39, 0.29) is 11.1 Å². The van der Waals surface area contributed by atoms with Crippen molar-refractivity contribution in [2.45, 2.75) is 20.3 Å². The summed E-state index contributed by atoms with van der Waals surface area (Å²) in [7, 11) is 0. The van der Waals surface area contributed by atoms with Gasteiger partial charge in [0.25, 0.3) is 5.91 Å². The monoisotopic (exact) mass is 261 g/mol. The first-order valence-electron chi connectivity index (χ1n) is 5.97. The first kappa shape index (κ1) is 13.1. The summed E-state index contributed by atoms with van der Waals surface area (Å²) in [5.41, 5.74) is 1.94. The molecule has 0 aliphatic carbocycles. The van der Waals surface area contributed by atoms with Gasteiger partial charge in [-0.1, -0.05) is 0 Å². The molecule has 5 nitrogen and oxygen atoms in total. The van der Waals surface area contributed by atoms with Crippen LogP contribution in [0.3, 0.4) is 0 Å². The lowest BCUT2D eigenvalue weighted by molar-refractivity contribution is -0.133. The number of aliphatic carboxylic acids is 1. The molecule has 0 bridgehead atoms. The summed E-state index contributed by atoms with van der Waals surface area (Å²) in [4.78, 5) is 22.7. The number of benzene rings is 1. The standard InChI is InChI=1S/C14H15NO4/c1-8(9(2)14(17)18)13(16)15-11-3-4-12-10(7-11)5-6-19-12/h3-4,7H,5-6H2,1-2H3,(H,15,16)(H,17,18). The minimum absolute atomic E-state index is 0.0435. The van der Waals surface area contributed by atoms with Gasteiger partial charge in [-0.3, -0.25) is 4.79 Å². The van der Waals surface area contributed by atoms with Crippen LogP contribution >= 0.6 is 0 Å². The van der Waals surface area contributed by atoms with Gasteiger partial charge in [-0.05, 0) is 37.6 Å². The summed E-state index contributed by atoms with van der Waals surface area (Å²) in [6.07, 6.45) is 0.821. The van der Waals surface area contributed by atoms with Gasteiger partial charge in [-0.15, -0.1) is 0 Å². The van der Waals surface area contributed by atoms with Crippen molar-refractivity contribution in [1.29, 1.82) is 0 Å². The van der Waals surface area contributed by atoms with Crippen LogP contribution in [0, 0.1) is 0 Å². The number of carbonyl (C=O) groups excluding carboxylic acids is 1. The molecule has 0 radical (unpaired) electrons. The first-order chi connectivity index (χ1) is 8.99. The number of carboxylic acid groups (broad SMARTS) is 1. The van der Waals surface area contributed by atoms with Crippen LogP contribution in [0.25, 0.3) is 0 Å². The zero-order chi connectivity index (χ0) is 14.0. The van der Waals surface area contributed by atoms with E-state index in [1.165, 1.54) is 13.8 Å². The zero-order valence-corrected chi connectivity index (χ0v) is 10.8. The lowest BCUT2D eigenvalue weighted by Gasteiger charge is -2.08. The predicted octanol–water partition coefficient (Wildman–Crippen LogP) is 1.98. The number of nitrogens with one attached hydrogen (secondary N) is 1. The lowest BCUT2D eigenvalue weighted by atomic mass is 10.1. The van der Waals surface area contributed by atoms with Gasteiger partial charge in [-0.2, -0.15) is 0 Å². The maximum Gasteiger partial charge on any atom is 0.331 e. The number of anilines is 1. The average Bonchev–Trinajstić information content (AvgIpc) is 2.84. The highest BCUT2D eigenvalue weighted by Gasteiger charge is 2.15. The highest BCUT2D eigenvalue weighted by molar-refractivity contribution is 6.08. The molecule has 0 saturated heterocycles. The molecule has 1 amide bonds. The Labute approximate surface area is 110 Å². The summed E-state index contributed by atoms with van der Waals surface area (Å²) in [6.45, 7) is 3.56. The summed E-state index contributed by atoms with van der Waals surface area (Å²) < 4.78 is 5.38. The van der Waals surface area contributed by atoms with Crippen molar-refractivity contribution >= 4 is 17.6 Å². The van der Waals surface area contributed by atoms with Crippen LogP contribution in [-0.2, 0) is 16.0 Å². The summed E-state index contributed by atoms with van der Waals surface area (Å²) in [6, 6.07) is 5.40. The molecule has 100 valence electrons. The highest BCUT2D eigenvalue weighted by Crippen LogP contribution is 2.28. The second-order valence-corrected chi connectivity index (χ2v) is 4.43. The molecule has 0 spiro atoms. The van der Waals surface area contributed by atoms with E-state index < -0.39 is 11.9 Å². The molecule has 1 aromatic rings. The van der Waals surface area contributed by atoms with Gasteiger partial charge in [0.05, 0.1) is 6.61 Å². The number of carboxylic acids is 1. The van der Waals surface area contributed by atoms with Crippen LogP contribution in [-0.4, -0.2) is 23.6 Å². The fourth-order valence-electron chi connectivity index (χ4n) is 1.82. The Morgan fingerprint density at radius 3 is 2.68 bits per heavy atom. The Morgan fingerprint density at radius 2 is 2.00 bits per heavy atom. The summed E-state index contributed by atoms with van der Waals surface area (Å²) in [5, 5.41) is 11.5. The Morgan fingerprint density at radius 1 is 1.26 bits per heavy atom. The SMILES string of the molecule is CC(C(=O)O)=C(C)C(=O)Nc1ccc2c(c1)CCO2. The Bertz CT molecular complexity index is 575. The maximum atomic E-state index is 11.9. The number of carbonyl (C=O) groups is 2. The third-order valence-corrected chi connectivity index (χ3v) is 3.17. The van der Waals surface area contributed by atoms with E-state index >= 15 is 0 Å². The summed E-state index contributed by atoms with van der Waals surface area (Å²) >= 11 is 0. The molecule has 0 unspecified atom stereocenters. The molecule has 5 heteroatoms. The van der Waals surface area contributed by atoms with E-state index in [4.69, 9.17) is 9.84 Å². The van der Waals surface area contributed by atoms with Crippen molar-refractivity contribution in [2.24, 2.45) is 0 Å². The number of hydrogen-bond donors (Lipinski definition) is 2. The number of fused-ring (bicyclic) bond motifs is 1. The van der Waals surface area contributed by atoms with Crippen LogP contribution in [0.4, 0.5) is 5.69 Å². The van der Waals surface area contributed by atoms with Crippen molar-refractivity contribution in [3.05, 3.63) is 34.9 Å². The van der Waals surface area contributed by atoms with Gasteiger partial charge in [0, 0.05) is 23.3 Å². The average molecular weight is 261 g/mol. The first-order valence-corrected chi connectivity index (χ1v) is 5.97. The molecule has 1 heterocycles. The largest absolute Gasteiger partial charge is 0.493 e. The van der Waals surface area contributed by atoms with Crippen LogP contribution < -0.4 is 10.1 Å². The van der Waals surface area contributed by atoms with Gasteiger partial charge < -0.3 is 15.2 Å². The zero-order valence-electron chi connectivity index (χ0n) is 10.8. The highest BCUT2D eigenvalue weighted by atomic mass is 16.5. The molecule has 19 heavy (non-hydrogen) atoms. The van der Waals surface area contributed by atoms with Gasteiger partial charge >= 0.3 is 5.97 Å². The molecule has 0 fully saturated rings. The second-order valence-electron chi connectivity index (χ2n) is 4.43. The van der Waals surface area contributed by atoms with Gasteiger partial charge in [0.2, 0.25) is 0 Å². The van der Waals surface area contributed by atoms with Crippen LogP contribution in [0.2, 0.25) is 0 Å². The minimum atomic E-state index is -1.09. The number of ether oxygens (including phenoxy) is 1. The number of amides is 1. The predicted molar refractivity (Wildman–Crippen MR) is 70.3 cm³/mol. The normalized spacial score (nSPS) is 14.2. The molecule has 0 aromatic heterocycles. The number of rotatable bonds is 3. The van der Waals surface area contributed by atoms with E-state index in [0.29, 0.717) is 12.3 Å². The quantitative estimate of drug-likeness (QED) is 0.816. The summed E-state index contributed by atoms with van der Waals surface area (Å²) in [5.74, 6) is -0.652. The Hall–Kier alpha value is -2.30. The lowest BCUT2D eigenvalue weighted by Crippen LogP contribution is -2.16. The molecule has 1 aliphatic heterocycles. The molecule has 0 saturated carbocycles. The number of hydrogen-bond acceptors (Lipinski definition) is 3. The van der Waals surface area contributed by atoms with Crippen molar-refractivity contribution in [2.75, 3.05) is 11.9 Å². The van der Waals surface area contributed by atoms with Crippen LogP contribution in [0.15, 0.2) is 29.3 Å². The third-order valence-electron chi connectivity index (χ3n) is 3.17. The Balaban J connectivity index is 2.16. The van der Waals surface area contributed by atoms with Crippen molar-refractivity contribution < 1.29 is 19.4 Å². The van der Waals surface area contributed by atoms with E-state index in [1.807, 2.05) is 6.07 Å². The molecule has 2 rings (SSSR count). The molecule has 0 atom stereocenters. The maximum absolute atomic E-state index is 11.9. The molecule has 2 N–H and O–H groups in total. The van der Waals surface area contributed by atoms with Gasteiger partial charge in [0.1, 0.15) is 5.75 Å². The van der Waals surface area contributed by atoms with Crippen molar-refractivity contribution in [1.82, 2.24) is 0 Å².